The van der Waals surface area contributed by atoms with Gasteiger partial charge < -0.3 is 10.2 Å². The molecule has 1 aliphatic rings. The molecule has 0 bridgehead atoms. The van der Waals surface area contributed by atoms with E-state index in [-0.39, 0.29) is 17.9 Å². The van der Waals surface area contributed by atoms with E-state index >= 15 is 0 Å². The Bertz CT molecular complexity index is 320. The van der Waals surface area contributed by atoms with E-state index in [9.17, 15) is 0 Å². The third kappa shape index (κ3) is 2.60. The van der Waals surface area contributed by atoms with E-state index in [1.807, 2.05) is 13.8 Å². The van der Waals surface area contributed by atoms with E-state index in [0.29, 0.717) is 11.6 Å². The molecule has 0 spiro atoms. The lowest BCUT2D eigenvalue weighted by Gasteiger charge is -2.30. The second-order valence-electron chi connectivity index (χ2n) is 4.72. The van der Waals surface area contributed by atoms with Gasteiger partial charge in [0.1, 0.15) is 0 Å². The Morgan fingerprint density at radius 3 is 2.62 bits per heavy atom. The van der Waals surface area contributed by atoms with Crippen LogP contribution >= 0.6 is 0 Å². The maximum atomic E-state index is 8.27. The fourth-order valence-electron chi connectivity index (χ4n) is 2.19. The van der Waals surface area contributed by atoms with Crippen LogP contribution in [0.2, 0.25) is 0 Å². The molecule has 16 heavy (non-hydrogen) atoms. The van der Waals surface area contributed by atoms with E-state index in [0.717, 1.165) is 0 Å². The van der Waals surface area contributed by atoms with Gasteiger partial charge in [0.15, 0.2) is 0 Å². The molecule has 1 aliphatic carbocycles. The largest absolute Gasteiger partial charge is 0.309 e. The van der Waals surface area contributed by atoms with Crippen molar-refractivity contribution in [1.29, 1.82) is 5.41 Å². The van der Waals surface area contributed by atoms with Crippen LogP contribution in [0.1, 0.15) is 27.7 Å². The van der Waals surface area contributed by atoms with Gasteiger partial charge in [0.2, 0.25) is 0 Å². The minimum absolute atomic E-state index is 0.0484. The first-order valence-electron chi connectivity index (χ1n) is 5.77. The molecule has 1 rings (SSSR count). The van der Waals surface area contributed by atoms with Crippen molar-refractivity contribution in [2.75, 3.05) is 0 Å². The lowest BCUT2D eigenvalue weighted by molar-refractivity contribution is 0.0464. The number of rotatable bonds is 4. The van der Waals surface area contributed by atoms with E-state index in [2.05, 4.69) is 32.1 Å². The fourth-order valence-corrected chi connectivity index (χ4v) is 2.19. The second kappa shape index (κ2) is 5.41. The number of hydrogen-bond acceptors (Lipinski definition) is 3. The summed E-state index contributed by atoms with van der Waals surface area (Å²) >= 11 is 0. The molecule has 3 heteroatoms. The summed E-state index contributed by atoms with van der Waals surface area (Å²) in [5.74, 6) is 5.80. The van der Waals surface area contributed by atoms with Crippen molar-refractivity contribution in [2.45, 2.75) is 33.8 Å². The normalized spacial score (nSPS) is 28.4. The molecule has 0 aromatic heterocycles. The highest BCUT2D eigenvalue weighted by Gasteiger charge is 2.29. The van der Waals surface area contributed by atoms with Gasteiger partial charge in [-0.05, 0) is 19.8 Å². The Balaban J connectivity index is 2.81. The molecular weight excluding hydrogens is 200 g/mol. The molecule has 0 amide bonds. The Kier molecular flexibility index (Phi) is 4.44. The van der Waals surface area contributed by atoms with E-state index < -0.39 is 0 Å². The van der Waals surface area contributed by atoms with Crippen LogP contribution in [0.25, 0.3) is 0 Å². The molecule has 90 valence electrons. The Labute approximate surface area is 97.8 Å². The predicted octanol–water partition coefficient (Wildman–Crippen LogP) is 2.69. The Hall–Kier alpha value is -0.930. The van der Waals surface area contributed by atoms with Gasteiger partial charge in [0.05, 0.1) is 6.10 Å². The zero-order valence-electron chi connectivity index (χ0n) is 10.5. The van der Waals surface area contributed by atoms with Crippen LogP contribution in [0.4, 0.5) is 0 Å². The molecule has 3 nitrogen and oxygen atoms in total. The van der Waals surface area contributed by atoms with Crippen molar-refractivity contribution in [1.82, 2.24) is 0 Å². The molecule has 0 saturated carbocycles. The van der Waals surface area contributed by atoms with Gasteiger partial charge in [-0.25, -0.2) is 5.90 Å². The van der Waals surface area contributed by atoms with E-state index in [4.69, 9.17) is 16.1 Å². The summed E-state index contributed by atoms with van der Waals surface area (Å²) < 4.78 is 0. The summed E-state index contributed by atoms with van der Waals surface area (Å²) in [7, 11) is 0. The Morgan fingerprint density at radius 1 is 1.50 bits per heavy atom. The average Bonchev–Trinajstić information content (AvgIpc) is 2.26. The van der Waals surface area contributed by atoms with Gasteiger partial charge in [0, 0.05) is 17.5 Å². The van der Waals surface area contributed by atoms with Crippen molar-refractivity contribution < 1.29 is 4.84 Å². The minimum Gasteiger partial charge on any atom is -0.309 e. The van der Waals surface area contributed by atoms with Crippen LogP contribution in [-0.4, -0.2) is 11.8 Å². The smallest absolute Gasteiger partial charge is 0.0836 e. The lowest BCUT2D eigenvalue weighted by atomic mass is 9.76. The van der Waals surface area contributed by atoms with Crippen molar-refractivity contribution in [2.24, 2.45) is 23.7 Å². The van der Waals surface area contributed by atoms with Gasteiger partial charge in [-0.3, -0.25) is 0 Å². The van der Waals surface area contributed by atoms with Crippen LogP contribution in [0.15, 0.2) is 23.8 Å². The predicted molar refractivity (Wildman–Crippen MR) is 67.2 cm³/mol. The van der Waals surface area contributed by atoms with Crippen LogP contribution in [-0.2, 0) is 4.84 Å². The number of nitrogens with one attached hydrogen (secondary N) is 1. The van der Waals surface area contributed by atoms with Crippen molar-refractivity contribution in [3.63, 3.8) is 0 Å². The first-order valence-corrected chi connectivity index (χ1v) is 5.77. The molecule has 4 atom stereocenters. The van der Waals surface area contributed by atoms with Gasteiger partial charge in [0.25, 0.3) is 0 Å². The molecular formula is C13H22N2O. The monoisotopic (exact) mass is 222 g/mol. The summed E-state index contributed by atoms with van der Waals surface area (Å²) in [5, 5.41) is 8.27. The molecule has 0 aromatic rings. The topological polar surface area (TPSA) is 59.1 Å². The fraction of sp³-hybridized carbons (Fsp3) is 0.615. The van der Waals surface area contributed by atoms with Crippen LogP contribution in [0.3, 0.4) is 0 Å². The zero-order chi connectivity index (χ0) is 12.3. The third-order valence-corrected chi connectivity index (χ3v) is 3.53. The average molecular weight is 222 g/mol. The highest BCUT2D eigenvalue weighted by Crippen LogP contribution is 2.30. The molecule has 0 fully saturated rings. The zero-order valence-corrected chi connectivity index (χ0v) is 10.5. The first-order chi connectivity index (χ1) is 7.49. The summed E-state index contributed by atoms with van der Waals surface area (Å²) in [6.45, 7) is 8.13. The molecule has 4 unspecified atom stereocenters. The van der Waals surface area contributed by atoms with Crippen molar-refractivity contribution >= 4 is 5.71 Å². The molecule has 0 aromatic carbocycles. The van der Waals surface area contributed by atoms with Gasteiger partial charge in [-0.15, -0.1) is 0 Å². The highest BCUT2D eigenvalue weighted by atomic mass is 16.6. The maximum absolute atomic E-state index is 8.27. The SMILES string of the molecule is CC1=CC=CC(C)C1C(=N)C(C)C(C)ON. The van der Waals surface area contributed by atoms with Crippen molar-refractivity contribution in [3.8, 4) is 0 Å². The maximum Gasteiger partial charge on any atom is 0.0836 e. The minimum atomic E-state index is -0.113. The number of allylic oxidation sites excluding steroid dienone is 4. The standard InChI is InChI=1S/C13H22N2O/c1-8-6-5-7-9(2)12(8)13(14)10(3)11(4)16-15/h5-8,10-12,14H,15H2,1-4H3. The molecule has 3 N–H and O–H groups in total. The van der Waals surface area contributed by atoms with Crippen LogP contribution in [0.5, 0.6) is 0 Å². The molecule has 0 heterocycles. The van der Waals surface area contributed by atoms with E-state index in [1.54, 1.807) is 0 Å². The third-order valence-electron chi connectivity index (χ3n) is 3.53. The molecule has 0 radical (unpaired) electrons. The van der Waals surface area contributed by atoms with Crippen LogP contribution in [0, 0.1) is 23.2 Å². The van der Waals surface area contributed by atoms with Crippen LogP contribution < -0.4 is 5.90 Å². The molecule has 0 saturated heterocycles. The summed E-state index contributed by atoms with van der Waals surface area (Å²) in [4.78, 5) is 4.82. The second-order valence-corrected chi connectivity index (χ2v) is 4.72. The lowest BCUT2D eigenvalue weighted by Crippen LogP contribution is -2.35. The van der Waals surface area contributed by atoms with E-state index in [1.165, 1.54) is 5.57 Å². The molecule has 0 aliphatic heterocycles. The summed E-state index contributed by atoms with van der Waals surface area (Å²) in [6.07, 6.45) is 6.18. The summed E-state index contributed by atoms with van der Waals surface area (Å²) in [5.41, 5.74) is 1.96. The number of hydrogen-bond donors (Lipinski definition) is 2. The quantitative estimate of drug-likeness (QED) is 0.567. The Morgan fingerprint density at radius 2 is 2.12 bits per heavy atom. The number of nitrogens with two attached hydrogens (primary N) is 1. The first kappa shape index (κ1) is 13.1. The highest BCUT2D eigenvalue weighted by molar-refractivity contribution is 5.89. The van der Waals surface area contributed by atoms with Gasteiger partial charge >= 0.3 is 0 Å². The summed E-state index contributed by atoms with van der Waals surface area (Å²) in [6, 6.07) is 0. The van der Waals surface area contributed by atoms with Gasteiger partial charge in [-0.2, -0.15) is 0 Å². The van der Waals surface area contributed by atoms with Gasteiger partial charge in [-0.1, -0.05) is 37.6 Å². The van der Waals surface area contributed by atoms with Crippen molar-refractivity contribution in [3.05, 3.63) is 23.8 Å².